The van der Waals surface area contributed by atoms with E-state index in [-0.39, 0.29) is 0 Å². The molecule has 1 aliphatic heterocycles. The molecule has 176 valence electrons. The zero-order valence-corrected chi connectivity index (χ0v) is 19.6. The van der Waals surface area contributed by atoms with E-state index in [2.05, 4.69) is 38.0 Å². The van der Waals surface area contributed by atoms with Gasteiger partial charge in [0.15, 0.2) is 5.69 Å². The van der Waals surface area contributed by atoms with Gasteiger partial charge in [0.05, 0.1) is 6.57 Å². The number of primary amides is 1. The van der Waals surface area contributed by atoms with Crippen LogP contribution in [0.5, 0.6) is 0 Å². The smallest absolute Gasteiger partial charge is 0.248 e. The van der Waals surface area contributed by atoms with Crippen molar-refractivity contribution >= 4 is 28.3 Å². The Labute approximate surface area is 205 Å². The summed E-state index contributed by atoms with van der Waals surface area (Å²) in [4.78, 5) is 27.7. The molecule has 35 heavy (non-hydrogen) atoms. The van der Waals surface area contributed by atoms with Crippen LogP contribution in [0.15, 0.2) is 67.0 Å². The van der Waals surface area contributed by atoms with Gasteiger partial charge in [-0.1, -0.05) is 18.2 Å². The van der Waals surface area contributed by atoms with Crippen LogP contribution in [0.3, 0.4) is 0 Å². The second-order valence-electron chi connectivity index (χ2n) is 8.93. The summed E-state index contributed by atoms with van der Waals surface area (Å²) in [5, 5.41) is 1.17. The number of fused-ring (bicyclic) bond motifs is 1. The van der Waals surface area contributed by atoms with Crippen molar-refractivity contribution in [2.24, 2.45) is 5.73 Å². The first-order valence-electron chi connectivity index (χ1n) is 11.9. The van der Waals surface area contributed by atoms with Crippen molar-refractivity contribution in [2.75, 3.05) is 37.6 Å². The van der Waals surface area contributed by atoms with Gasteiger partial charge in [-0.05, 0) is 72.3 Å². The molecule has 7 nitrogen and oxygen atoms in total. The summed E-state index contributed by atoms with van der Waals surface area (Å²) < 4.78 is 0. The first-order chi connectivity index (χ1) is 17.1. The first kappa shape index (κ1) is 22.6. The molecule has 1 amide bonds. The summed E-state index contributed by atoms with van der Waals surface area (Å²) in [6.45, 7) is 12.3. The fourth-order valence-corrected chi connectivity index (χ4v) is 4.71. The summed E-state index contributed by atoms with van der Waals surface area (Å²) in [6, 6.07) is 17.3. The summed E-state index contributed by atoms with van der Waals surface area (Å²) in [7, 11) is 0. The van der Waals surface area contributed by atoms with Gasteiger partial charge >= 0.3 is 0 Å². The molecule has 1 saturated heterocycles. The maximum Gasteiger partial charge on any atom is 0.248 e. The monoisotopic (exact) mass is 464 g/mol. The second kappa shape index (κ2) is 10.00. The molecule has 7 heteroatoms. The topological polar surface area (TPSA) is 82.6 Å². The Balaban J connectivity index is 1.12. The third-order valence-corrected chi connectivity index (χ3v) is 6.75. The Morgan fingerprint density at radius 1 is 1.03 bits per heavy atom. The maximum absolute atomic E-state index is 11.3. The number of amides is 1. The number of pyridine rings is 1. The minimum atomic E-state index is -0.419. The summed E-state index contributed by atoms with van der Waals surface area (Å²) in [5.41, 5.74) is 10.9. The largest absolute Gasteiger partial charge is 0.366 e. The summed E-state index contributed by atoms with van der Waals surface area (Å²) in [5.74, 6) is 0.578. The van der Waals surface area contributed by atoms with Crippen LogP contribution in [0, 0.1) is 6.57 Å². The number of piperazine rings is 1. The third-order valence-electron chi connectivity index (χ3n) is 6.75. The van der Waals surface area contributed by atoms with Crippen LogP contribution in [-0.4, -0.2) is 53.5 Å². The van der Waals surface area contributed by atoms with Crippen LogP contribution in [0.2, 0.25) is 0 Å². The molecule has 2 aromatic carbocycles. The predicted molar refractivity (Wildman–Crippen MR) is 140 cm³/mol. The van der Waals surface area contributed by atoms with Crippen molar-refractivity contribution in [3.8, 4) is 11.1 Å². The Kier molecular flexibility index (Phi) is 6.47. The highest BCUT2D eigenvalue weighted by Gasteiger charge is 2.18. The number of hydrogen-bond donors (Lipinski definition) is 2. The van der Waals surface area contributed by atoms with Crippen molar-refractivity contribution in [2.45, 2.75) is 12.8 Å². The van der Waals surface area contributed by atoms with Gasteiger partial charge in [0.25, 0.3) is 0 Å². The molecule has 3 heterocycles. The molecular weight excluding hydrogens is 436 g/mol. The molecule has 0 saturated carbocycles. The number of rotatable bonds is 7. The third kappa shape index (κ3) is 5.03. The van der Waals surface area contributed by atoms with E-state index < -0.39 is 5.91 Å². The lowest BCUT2D eigenvalue weighted by Gasteiger charge is -2.35. The average Bonchev–Trinajstić information content (AvgIpc) is 3.31. The highest BCUT2D eigenvalue weighted by atomic mass is 16.1. The molecule has 2 aromatic heterocycles. The Bertz CT molecular complexity index is 1360. The molecular formula is C28H28N6O. The molecule has 5 rings (SSSR count). The van der Waals surface area contributed by atoms with E-state index in [1.165, 1.54) is 10.9 Å². The SMILES string of the molecule is [C-]#[N+]c1ccc2[nH]cc(CCCN3CCN(c4ccc(-c5ccc(C(N)=O)cc5)cn4)CC3)c2c1. The fraction of sp³-hybridized carbons (Fsp3) is 0.250. The summed E-state index contributed by atoms with van der Waals surface area (Å²) in [6.07, 6.45) is 6.07. The van der Waals surface area contributed by atoms with Gasteiger partial charge in [-0.3, -0.25) is 9.69 Å². The number of carbonyl (C=O) groups excluding carboxylic acids is 1. The average molecular weight is 465 g/mol. The molecule has 0 unspecified atom stereocenters. The number of nitrogens with zero attached hydrogens (tertiary/aromatic N) is 4. The van der Waals surface area contributed by atoms with E-state index in [1.54, 1.807) is 12.1 Å². The van der Waals surface area contributed by atoms with Crippen LogP contribution in [0.1, 0.15) is 22.3 Å². The lowest BCUT2D eigenvalue weighted by Crippen LogP contribution is -2.47. The highest BCUT2D eigenvalue weighted by molar-refractivity contribution is 5.93. The standard InChI is InChI=1S/C28H28N6O/c1-30-24-9-10-26-25(17-24)23(19-31-26)3-2-12-33-13-15-34(16-14-33)27-11-8-22(18-32-27)20-4-6-21(7-5-20)28(29)35/h4-11,17-19,31H,2-3,12-16H2,(H2,29,35). The molecule has 0 spiro atoms. The number of anilines is 1. The molecule has 0 radical (unpaired) electrons. The molecule has 0 atom stereocenters. The minimum Gasteiger partial charge on any atom is -0.366 e. The number of hydrogen-bond acceptors (Lipinski definition) is 4. The van der Waals surface area contributed by atoms with Gasteiger partial charge in [-0.2, -0.15) is 0 Å². The molecule has 0 bridgehead atoms. The van der Waals surface area contributed by atoms with Crippen molar-refractivity contribution in [1.29, 1.82) is 0 Å². The lowest BCUT2D eigenvalue weighted by atomic mass is 10.1. The number of nitrogens with two attached hydrogens (primary N) is 1. The van der Waals surface area contributed by atoms with E-state index in [1.807, 2.05) is 36.5 Å². The van der Waals surface area contributed by atoms with Gasteiger partial charge < -0.3 is 15.6 Å². The number of benzene rings is 2. The van der Waals surface area contributed by atoms with Gasteiger partial charge in [0.1, 0.15) is 5.82 Å². The normalized spacial score (nSPS) is 14.2. The maximum atomic E-state index is 11.3. The minimum absolute atomic E-state index is 0.419. The van der Waals surface area contributed by atoms with Gasteiger partial charge in [0, 0.05) is 55.2 Å². The molecule has 1 aliphatic rings. The Hall–Kier alpha value is -4.15. The number of H-pyrrole nitrogens is 1. The molecule has 1 fully saturated rings. The Morgan fingerprint density at radius 2 is 1.80 bits per heavy atom. The van der Waals surface area contributed by atoms with Gasteiger partial charge in [0.2, 0.25) is 5.91 Å². The van der Waals surface area contributed by atoms with Crippen molar-refractivity contribution in [3.05, 3.63) is 89.5 Å². The van der Waals surface area contributed by atoms with E-state index in [0.29, 0.717) is 11.3 Å². The van der Waals surface area contributed by atoms with Crippen LogP contribution >= 0.6 is 0 Å². The fourth-order valence-electron chi connectivity index (χ4n) is 4.71. The first-order valence-corrected chi connectivity index (χ1v) is 11.9. The van der Waals surface area contributed by atoms with Crippen LogP contribution in [0.4, 0.5) is 11.5 Å². The number of aryl methyl sites for hydroxylation is 1. The number of aromatic amines is 1. The van der Waals surface area contributed by atoms with Crippen molar-refractivity contribution < 1.29 is 4.79 Å². The number of carbonyl (C=O) groups is 1. The second-order valence-corrected chi connectivity index (χ2v) is 8.93. The van der Waals surface area contributed by atoms with Crippen LogP contribution < -0.4 is 10.6 Å². The van der Waals surface area contributed by atoms with E-state index in [9.17, 15) is 4.79 Å². The van der Waals surface area contributed by atoms with E-state index >= 15 is 0 Å². The zero-order valence-electron chi connectivity index (χ0n) is 19.6. The van der Waals surface area contributed by atoms with Crippen LogP contribution in [0.25, 0.3) is 26.9 Å². The lowest BCUT2D eigenvalue weighted by molar-refractivity contribution is 0.100. The van der Waals surface area contributed by atoms with Crippen molar-refractivity contribution in [3.63, 3.8) is 0 Å². The molecule has 0 aliphatic carbocycles. The molecule has 4 aromatic rings. The van der Waals surface area contributed by atoms with Crippen LogP contribution in [-0.2, 0) is 6.42 Å². The quantitative estimate of drug-likeness (QED) is 0.391. The number of aromatic nitrogens is 2. The number of nitrogens with one attached hydrogen (secondary N) is 1. The summed E-state index contributed by atoms with van der Waals surface area (Å²) >= 11 is 0. The van der Waals surface area contributed by atoms with Gasteiger partial charge in [-0.15, -0.1) is 0 Å². The highest BCUT2D eigenvalue weighted by Crippen LogP contribution is 2.25. The Morgan fingerprint density at radius 3 is 2.49 bits per heavy atom. The van der Waals surface area contributed by atoms with Crippen molar-refractivity contribution in [1.82, 2.24) is 14.9 Å². The predicted octanol–water partition coefficient (Wildman–Crippen LogP) is 4.63. The van der Waals surface area contributed by atoms with E-state index in [0.717, 1.165) is 68.0 Å². The molecule has 3 N–H and O–H groups in total. The van der Waals surface area contributed by atoms with Gasteiger partial charge in [-0.25, -0.2) is 9.83 Å². The van der Waals surface area contributed by atoms with E-state index in [4.69, 9.17) is 17.3 Å². The zero-order chi connectivity index (χ0) is 24.2.